The van der Waals surface area contributed by atoms with Gasteiger partial charge in [-0.25, -0.2) is 13.6 Å². The number of rotatable bonds is 2. The zero-order valence-electron chi connectivity index (χ0n) is 12.0. The number of hydrogen-bond acceptors (Lipinski definition) is 3. The molecule has 2 unspecified atom stereocenters. The van der Waals surface area contributed by atoms with Crippen molar-refractivity contribution in [3.63, 3.8) is 0 Å². The number of amides is 1. The SMILES string of the molecule is CC1CCN(C(=O)c2cc(Cl)cc(S(N)(=O)=O)c2)CC1C. The van der Waals surface area contributed by atoms with Crippen LogP contribution in [0.5, 0.6) is 0 Å². The van der Waals surface area contributed by atoms with E-state index in [-0.39, 0.29) is 21.4 Å². The number of primary sulfonamides is 1. The average Bonchev–Trinajstić information content (AvgIpc) is 2.39. The van der Waals surface area contributed by atoms with Crippen LogP contribution in [0.4, 0.5) is 0 Å². The van der Waals surface area contributed by atoms with Crippen molar-refractivity contribution in [2.24, 2.45) is 17.0 Å². The lowest BCUT2D eigenvalue weighted by atomic mass is 9.88. The maximum Gasteiger partial charge on any atom is 0.253 e. The van der Waals surface area contributed by atoms with Crippen molar-refractivity contribution in [3.05, 3.63) is 28.8 Å². The van der Waals surface area contributed by atoms with Gasteiger partial charge < -0.3 is 4.90 Å². The molecule has 5 nitrogen and oxygen atoms in total. The summed E-state index contributed by atoms with van der Waals surface area (Å²) in [5, 5.41) is 5.29. The molecule has 0 spiro atoms. The molecule has 2 rings (SSSR count). The predicted molar refractivity (Wildman–Crippen MR) is 81.7 cm³/mol. The molecule has 1 saturated heterocycles. The molecule has 1 heterocycles. The minimum absolute atomic E-state index is 0.142. The van der Waals surface area contributed by atoms with Crippen LogP contribution in [0.3, 0.4) is 0 Å². The van der Waals surface area contributed by atoms with E-state index in [1.807, 2.05) is 0 Å². The molecule has 1 amide bonds. The van der Waals surface area contributed by atoms with Crippen LogP contribution in [-0.4, -0.2) is 32.3 Å². The number of carbonyl (C=O) groups is 1. The standard InChI is InChI=1S/C14H19ClN2O3S/c1-9-3-4-17(8-10(9)2)14(18)11-5-12(15)7-13(6-11)21(16,19)20/h5-7,9-10H,3-4,8H2,1-2H3,(H2,16,19,20). The lowest BCUT2D eigenvalue weighted by molar-refractivity contribution is 0.0627. The number of benzene rings is 1. The van der Waals surface area contributed by atoms with E-state index in [0.29, 0.717) is 24.9 Å². The summed E-state index contributed by atoms with van der Waals surface area (Å²) in [6, 6.07) is 4.00. The van der Waals surface area contributed by atoms with Gasteiger partial charge in [0, 0.05) is 23.7 Å². The van der Waals surface area contributed by atoms with E-state index in [1.165, 1.54) is 18.2 Å². The van der Waals surface area contributed by atoms with Crippen molar-refractivity contribution < 1.29 is 13.2 Å². The Kier molecular flexibility index (Phi) is 4.60. The Balaban J connectivity index is 2.30. The van der Waals surface area contributed by atoms with Gasteiger partial charge >= 0.3 is 0 Å². The number of halogens is 1. The van der Waals surface area contributed by atoms with Gasteiger partial charge in [-0.2, -0.15) is 0 Å². The number of piperidine rings is 1. The first-order valence-electron chi connectivity index (χ1n) is 6.81. The third-order valence-electron chi connectivity index (χ3n) is 4.07. The van der Waals surface area contributed by atoms with Crippen LogP contribution in [0.25, 0.3) is 0 Å². The van der Waals surface area contributed by atoms with Crippen LogP contribution in [0, 0.1) is 11.8 Å². The maximum absolute atomic E-state index is 12.5. The summed E-state index contributed by atoms with van der Waals surface area (Å²) in [4.78, 5) is 14.1. The zero-order chi connectivity index (χ0) is 15.8. The van der Waals surface area contributed by atoms with Crippen LogP contribution >= 0.6 is 11.6 Å². The molecular weight excluding hydrogens is 312 g/mol. The summed E-state index contributed by atoms with van der Waals surface area (Å²) in [6.07, 6.45) is 0.940. The van der Waals surface area contributed by atoms with Crippen LogP contribution in [0.2, 0.25) is 5.02 Å². The van der Waals surface area contributed by atoms with Crippen molar-refractivity contribution in [3.8, 4) is 0 Å². The highest BCUT2D eigenvalue weighted by Crippen LogP contribution is 2.25. The molecular formula is C14H19ClN2O3S. The zero-order valence-corrected chi connectivity index (χ0v) is 13.6. The molecule has 1 aromatic carbocycles. The smallest absolute Gasteiger partial charge is 0.253 e. The van der Waals surface area contributed by atoms with E-state index < -0.39 is 10.0 Å². The van der Waals surface area contributed by atoms with Gasteiger partial charge in [0.2, 0.25) is 10.0 Å². The van der Waals surface area contributed by atoms with Gasteiger partial charge in [-0.05, 0) is 36.5 Å². The molecule has 0 bridgehead atoms. The molecule has 0 saturated carbocycles. The monoisotopic (exact) mass is 330 g/mol. The first-order valence-corrected chi connectivity index (χ1v) is 8.73. The van der Waals surface area contributed by atoms with Crippen LogP contribution in [0.15, 0.2) is 23.1 Å². The fraction of sp³-hybridized carbons (Fsp3) is 0.500. The lowest BCUT2D eigenvalue weighted by Crippen LogP contribution is -2.42. The fourth-order valence-corrected chi connectivity index (χ4v) is 3.36. The summed E-state index contributed by atoms with van der Waals surface area (Å²) in [6.45, 7) is 5.61. The number of likely N-dealkylation sites (tertiary alicyclic amines) is 1. The molecule has 7 heteroatoms. The van der Waals surface area contributed by atoms with E-state index in [1.54, 1.807) is 4.90 Å². The van der Waals surface area contributed by atoms with E-state index >= 15 is 0 Å². The van der Waals surface area contributed by atoms with Gasteiger partial charge in [-0.1, -0.05) is 25.4 Å². The molecule has 21 heavy (non-hydrogen) atoms. The Hall–Kier alpha value is -1.11. The molecule has 116 valence electrons. The minimum atomic E-state index is -3.89. The highest BCUT2D eigenvalue weighted by atomic mass is 35.5. The highest BCUT2D eigenvalue weighted by Gasteiger charge is 2.27. The molecule has 2 atom stereocenters. The van der Waals surface area contributed by atoms with Gasteiger partial charge in [0.25, 0.3) is 5.91 Å². The summed E-state index contributed by atoms with van der Waals surface area (Å²) < 4.78 is 22.9. The van der Waals surface area contributed by atoms with Crippen molar-refractivity contribution in [2.75, 3.05) is 13.1 Å². The number of carbonyl (C=O) groups excluding carboxylic acids is 1. The van der Waals surface area contributed by atoms with Gasteiger partial charge in [-0.15, -0.1) is 0 Å². The summed E-state index contributed by atoms with van der Waals surface area (Å²) >= 11 is 5.90. The topological polar surface area (TPSA) is 80.5 Å². The first kappa shape index (κ1) is 16.3. The number of nitrogens with zero attached hydrogens (tertiary/aromatic N) is 1. The first-order chi connectivity index (χ1) is 9.68. The van der Waals surface area contributed by atoms with Crippen molar-refractivity contribution >= 4 is 27.5 Å². The van der Waals surface area contributed by atoms with Crippen molar-refractivity contribution in [1.29, 1.82) is 0 Å². The molecule has 1 aliphatic heterocycles. The highest BCUT2D eigenvalue weighted by molar-refractivity contribution is 7.89. The molecule has 2 N–H and O–H groups in total. The van der Waals surface area contributed by atoms with Gasteiger partial charge in [0.05, 0.1) is 4.90 Å². The number of sulfonamides is 1. The van der Waals surface area contributed by atoms with Crippen molar-refractivity contribution in [2.45, 2.75) is 25.2 Å². The van der Waals surface area contributed by atoms with Gasteiger partial charge in [-0.3, -0.25) is 4.79 Å². The largest absolute Gasteiger partial charge is 0.338 e. The second kappa shape index (κ2) is 5.94. The van der Waals surface area contributed by atoms with Crippen molar-refractivity contribution in [1.82, 2.24) is 4.90 Å². The predicted octanol–water partition coefficient (Wildman–Crippen LogP) is 2.11. The molecule has 0 aromatic heterocycles. The Bertz CT molecular complexity index is 660. The van der Waals surface area contributed by atoms with Crippen LogP contribution in [0.1, 0.15) is 30.6 Å². The lowest BCUT2D eigenvalue weighted by Gasteiger charge is -2.35. The maximum atomic E-state index is 12.5. The molecule has 1 aliphatic rings. The quantitative estimate of drug-likeness (QED) is 0.901. The molecule has 0 aliphatic carbocycles. The van der Waals surface area contributed by atoms with Gasteiger partial charge in [0.1, 0.15) is 0 Å². The summed E-state index contributed by atoms with van der Waals surface area (Å²) in [5.74, 6) is 0.786. The molecule has 1 fully saturated rings. The second-order valence-electron chi connectivity index (χ2n) is 5.72. The van der Waals surface area contributed by atoms with Crippen LogP contribution in [-0.2, 0) is 10.0 Å². The van der Waals surface area contributed by atoms with E-state index in [9.17, 15) is 13.2 Å². The van der Waals surface area contributed by atoms with E-state index in [4.69, 9.17) is 16.7 Å². The Labute approximate surface area is 130 Å². The Morgan fingerprint density at radius 2 is 1.95 bits per heavy atom. The minimum Gasteiger partial charge on any atom is -0.338 e. The second-order valence-corrected chi connectivity index (χ2v) is 7.71. The molecule has 0 radical (unpaired) electrons. The third-order valence-corrected chi connectivity index (χ3v) is 5.18. The Morgan fingerprint density at radius 1 is 1.29 bits per heavy atom. The molecule has 1 aromatic rings. The van der Waals surface area contributed by atoms with Crippen LogP contribution < -0.4 is 5.14 Å². The third kappa shape index (κ3) is 3.75. The summed E-state index contributed by atoms with van der Waals surface area (Å²) in [7, 11) is -3.89. The van der Waals surface area contributed by atoms with E-state index in [2.05, 4.69) is 13.8 Å². The number of hydrogen-bond donors (Lipinski definition) is 1. The number of nitrogens with two attached hydrogens (primary N) is 1. The fourth-order valence-electron chi connectivity index (χ4n) is 2.48. The summed E-state index contributed by atoms with van der Waals surface area (Å²) in [5.41, 5.74) is 0.258. The Morgan fingerprint density at radius 3 is 2.52 bits per heavy atom. The average molecular weight is 331 g/mol. The van der Waals surface area contributed by atoms with Gasteiger partial charge in [0.15, 0.2) is 0 Å². The van der Waals surface area contributed by atoms with E-state index in [0.717, 1.165) is 6.42 Å². The normalized spacial score (nSPS) is 23.1.